The van der Waals surface area contributed by atoms with E-state index in [9.17, 15) is 4.57 Å². The molecule has 0 N–H and O–H groups in total. The van der Waals surface area contributed by atoms with Gasteiger partial charge in [-0.15, -0.1) is 0 Å². The fourth-order valence-corrected chi connectivity index (χ4v) is 1.25. The van der Waals surface area contributed by atoms with E-state index in [2.05, 4.69) is 4.52 Å². The van der Waals surface area contributed by atoms with Gasteiger partial charge in [0.15, 0.2) is 0 Å². The second-order valence-electron chi connectivity index (χ2n) is 1.62. The molecule has 1 atom stereocenters. The van der Waals surface area contributed by atoms with Gasteiger partial charge in [0.05, 0.1) is 12.7 Å². The number of nitrogens with zero attached hydrogens (tertiary/aromatic N) is 1. The molecule has 0 aromatic rings. The van der Waals surface area contributed by atoms with Crippen LogP contribution in [0.1, 0.15) is 6.92 Å². The van der Waals surface area contributed by atoms with Crippen LogP contribution >= 0.6 is 7.60 Å². The fourth-order valence-electron chi connectivity index (χ4n) is 0.418. The first-order valence-corrected chi connectivity index (χ1v) is 4.85. The highest BCUT2D eigenvalue weighted by Crippen LogP contribution is 2.43. The second-order valence-corrected chi connectivity index (χ2v) is 3.68. The van der Waals surface area contributed by atoms with Gasteiger partial charge in [0.1, 0.15) is 6.61 Å². The molecule has 0 aromatic carbocycles. The molecular weight excluding hydrogens is 153 g/mol. The first-order chi connectivity index (χ1) is 4.62. The van der Waals surface area contributed by atoms with E-state index in [4.69, 9.17) is 9.79 Å². The number of nitriles is 1. The molecule has 0 saturated heterocycles. The van der Waals surface area contributed by atoms with Crippen molar-refractivity contribution in [2.45, 2.75) is 6.92 Å². The van der Waals surface area contributed by atoms with Crippen LogP contribution in [0.15, 0.2) is 0 Å². The molecule has 0 spiro atoms. The van der Waals surface area contributed by atoms with Crippen LogP contribution in [0.2, 0.25) is 0 Å². The number of rotatable bonds is 4. The van der Waals surface area contributed by atoms with Crippen LogP contribution in [-0.2, 0) is 13.6 Å². The zero-order chi connectivity index (χ0) is 8.04. The van der Waals surface area contributed by atoms with E-state index >= 15 is 0 Å². The third kappa shape index (κ3) is 4.51. The summed E-state index contributed by atoms with van der Waals surface area (Å²) in [5.74, 6) is 0. The summed E-state index contributed by atoms with van der Waals surface area (Å²) in [6, 6.07) is 1.71. The highest BCUT2D eigenvalue weighted by Gasteiger charge is 2.14. The molecular formula is C5H10NO3P. The van der Waals surface area contributed by atoms with E-state index in [1.165, 1.54) is 6.66 Å². The van der Waals surface area contributed by atoms with Crippen molar-refractivity contribution in [1.82, 2.24) is 0 Å². The van der Waals surface area contributed by atoms with Crippen molar-refractivity contribution < 1.29 is 13.6 Å². The molecule has 58 valence electrons. The second kappa shape index (κ2) is 4.45. The average molecular weight is 163 g/mol. The van der Waals surface area contributed by atoms with Crippen molar-refractivity contribution in [2.24, 2.45) is 0 Å². The Morgan fingerprint density at radius 2 is 2.20 bits per heavy atom. The summed E-state index contributed by atoms with van der Waals surface area (Å²) in [5, 5.41) is 8.05. The van der Waals surface area contributed by atoms with Crippen LogP contribution in [0.3, 0.4) is 0 Å². The van der Waals surface area contributed by atoms with E-state index in [1.54, 1.807) is 13.0 Å². The Labute approximate surface area is 60.3 Å². The van der Waals surface area contributed by atoms with Crippen molar-refractivity contribution in [3.63, 3.8) is 0 Å². The van der Waals surface area contributed by atoms with Crippen LogP contribution in [0, 0.1) is 11.3 Å². The maximum atomic E-state index is 11.0. The van der Waals surface area contributed by atoms with Crippen molar-refractivity contribution >= 4 is 7.60 Å². The summed E-state index contributed by atoms with van der Waals surface area (Å²) < 4.78 is 20.3. The minimum absolute atomic E-state index is 0.187. The molecule has 0 aliphatic rings. The Hall–Kier alpha value is -0.360. The van der Waals surface area contributed by atoms with Gasteiger partial charge in [0.2, 0.25) is 0 Å². The largest absolute Gasteiger partial charge is 0.328 e. The first kappa shape index (κ1) is 9.64. The molecule has 4 nitrogen and oxygen atoms in total. The predicted molar refractivity (Wildman–Crippen MR) is 36.7 cm³/mol. The molecule has 0 heterocycles. The smallest absolute Gasteiger partial charge is 0.309 e. The van der Waals surface area contributed by atoms with Gasteiger partial charge in [-0.25, -0.2) is 0 Å². The summed E-state index contributed by atoms with van der Waals surface area (Å²) in [4.78, 5) is 0. The van der Waals surface area contributed by atoms with Gasteiger partial charge >= 0.3 is 7.60 Å². The standard InChI is InChI=1S/C5H10NO3P/c1-3-8-10(2,7)9-5-4-6/h3,5H2,1-2H3. The molecule has 0 aliphatic heterocycles. The topological polar surface area (TPSA) is 59.3 Å². The Kier molecular flexibility index (Phi) is 4.29. The van der Waals surface area contributed by atoms with Gasteiger partial charge in [-0.1, -0.05) is 0 Å². The Morgan fingerprint density at radius 3 is 2.60 bits per heavy atom. The summed E-state index contributed by atoms with van der Waals surface area (Å²) in [7, 11) is -2.93. The zero-order valence-corrected chi connectivity index (χ0v) is 6.93. The van der Waals surface area contributed by atoms with Crippen LogP contribution < -0.4 is 0 Å². The molecule has 0 radical (unpaired) electrons. The van der Waals surface area contributed by atoms with Crippen molar-refractivity contribution in [3.8, 4) is 6.07 Å². The maximum absolute atomic E-state index is 11.0. The summed E-state index contributed by atoms with van der Waals surface area (Å²) in [6.07, 6.45) is 0. The first-order valence-electron chi connectivity index (χ1n) is 2.86. The Bertz CT molecular complexity index is 174. The molecule has 0 aromatic heterocycles. The summed E-state index contributed by atoms with van der Waals surface area (Å²) >= 11 is 0. The highest BCUT2D eigenvalue weighted by molar-refractivity contribution is 7.52. The van der Waals surface area contributed by atoms with Gasteiger partial charge < -0.3 is 4.52 Å². The third-order valence-corrected chi connectivity index (χ3v) is 2.05. The quantitative estimate of drug-likeness (QED) is 0.587. The van der Waals surface area contributed by atoms with Crippen LogP contribution in [0.25, 0.3) is 0 Å². The zero-order valence-electron chi connectivity index (χ0n) is 6.03. The maximum Gasteiger partial charge on any atom is 0.328 e. The molecule has 0 aliphatic carbocycles. The molecule has 0 bridgehead atoms. The molecule has 5 heteroatoms. The summed E-state index contributed by atoms with van der Waals surface area (Å²) in [6.45, 7) is 3.20. The third-order valence-electron chi connectivity index (χ3n) is 0.727. The fraction of sp³-hybridized carbons (Fsp3) is 0.800. The van der Waals surface area contributed by atoms with E-state index in [1.807, 2.05) is 0 Å². The molecule has 0 amide bonds. The van der Waals surface area contributed by atoms with Crippen molar-refractivity contribution in [1.29, 1.82) is 5.26 Å². The number of hydrogen-bond donors (Lipinski definition) is 0. The SMILES string of the molecule is CCOP(C)(=O)OCC#N. The lowest BCUT2D eigenvalue weighted by Gasteiger charge is -2.09. The van der Waals surface area contributed by atoms with Crippen molar-refractivity contribution in [2.75, 3.05) is 19.9 Å². The van der Waals surface area contributed by atoms with Crippen LogP contribution in [-0.4, -0.2) is 19.9 Å². The molecule has 10 heavy (non-hydrogen) atoms. The minimum atomic E-state index is -2.93. The lowest BCUT2D eigenvalue weighted by molar-refractivity contribution is 0.235. The lowest BCUT2D eigenvalue weighted by Crippen LogP contribution is -1.93. The van der Waals surface area contributed by atoms with Gasteiger partial charge in [0.25, 0.3) is 0 Å². The van der Waals surface area contributed by atoms with Crippen LogP contribution in [0.4, 0.5) is 0 Å². The number of hydrogen-bond acceptors (Lipinski definition) is 4. The van der Waals surface area contributed by atoms with E-state index in [0.29, 0.717) is 6.61 Å². The van der Waals surface area contributed by atoms with Gasteiger partial charge in [-0.05, 0) is 6.92 Å². The molecule has 0 fully saturated rings. The average Bonchev–Trinajstić information content (AvgIpc) is 1.84. The normalized spacial score (nSPS) is 15.7. The molecule has 1 unspecified atom stereocenters. The van der Waals surface area contributed by atoms with Gasteiger partial charge in [-0.2, -0.15) is 5.26 Å². The Balaban J connectivity index is 3.67. The Morgan fingerprint density at radius 1 is 1.60 bits per heavy atom. The predicted octanol–water partition coefficient (Wildman–Crippen LogP) is 1.39. The minimum Gasteiger partial charge on any atom is -0.309 e. The molecule has 0 saturated carbocycles. The van der Waals surface area contributed by atoms with Crippen molar-refractivity contribution in [3.05, 3.63) is 0 Å². The molecule has 0 rings (SSSR count). The van der Waals surface area contributed by atoms with Gasteiger partial charge in [0, 0.05) is 6.66 Å². The highest BCUT2D eigenvalue weighted by atomic mass is 31.2. The van der Waals surface area contributed by atoms with E-state index in [0.717, 1.165) is 0 Å². The van der Waals surface area contributed by atoms with E-state index < -0.39 is 7.60 Å². The summed E-state index contributed by atoms with van der Waals surface area (Å²) in [5.41, 5.74) is 0. The van der Waals surface area contributed by atoms with Crippen LogP contribution in [0.5, 0.6) is 0 Å². The van der Waals surface area contributed by atoms with E-state index in [-0.39, 0.29) is 6.61 Å². The van der Waals surface area contributed by atoms with Gasteiger partial charge in [-0.3, -0.25) is 9.09 Å². The lowest BCUT2D eigenvalue weighted by atomic mass is 10.9. The monoisotopic (exact) mass is 163 g/mol.